The lowest BCUT2D eigenvalue weighted by atomic mass is 10.4. The molecule has 1 aliphatic carbocycles. The number of hydrogen-bond donors (Lipinski definition) is 1. The van der Waals surface area contributed by atoms with Crippen LogP contribution in [0.5, 0.6) is 0 Å². The van der Waals surface area contributed by atoms with Crippen LogP contribution in [0, 0.1) is 0 Å². The minimum absolute atomic E-state index is 0.268. The highest BCUT2D eigenvalue weighted by Crippen LogP contribution is 2.26. The monoisotopic (exact) mass is 310 g/mol. The average molecular weight is 311 g/mol. The maximum absolute atomic E-state index is 6.02. The molecule has 0 unspecified atom stereocenters. The highest BCUT2D eigenvalue weighted by atomic mass is 35.5. The van der Waals surface area contributed by atoms with Crippen molar-refractivity contribution in [3.8, 4) is 0 Å². The van der Waals surface area contributed by atoms with Crippen LogP contribution in [0.4, 0.5) is 11.9 Å². The zero-order chi connectivity index (χ0) is 14.7. The quantitative estimate of drug-likeness (QED) is 0.831. The lowest BCUT2D eigenvalue weighted by molar-refractivity contribution is 0.289. The number of anilines is 2. The van der Waals surface area contributed by atoms with Gasteiger partial charge in [0, 0.05) is 32.2 Å². The van der Waals surface area contributed by atoms with Crippen molar-refractivity contribution in [1.82, 2.24) is 19.9 Å². The zero-order valence-electron chi connectivity index (χ0n) is 12.6. The normalized spacial score (nSPS) is 18.5. The van der Waals surface area contributed by atoms with Crippen molar-refractivity contribution in [2.45, 2.75) is 38.6 Å². The summed E-state index contributed by atoms with van der Waals surface area (Å²) in [4.78, 5) is 17.6. The first-order valence-corrected chi connectivity index (χ1v) is 8.28. The van der Waals surface area contributed by atoms with Crippen molar-refractivity contribution in [3.63, 3.8) is 0 Å². The molecule has 7 heteroatoms. The van der Waals surface area contributed by atoms with Crippen LogP contribution in [-0.4, -0.2) is 58.6 Å². The Balaban J connectivity index is 1.56. The van der Waals surface area contributed by atoms with Gasteiger partial charge >= 0.3 is 0 Å². The van der Waals surface area contributed by atoms with E-state index in [0.29, 0.717) is 11.9 Å². The van der Waals surface area contributed by atoms with Gasteiger partial charge < -0.3 is 10.2 Å². The van der Waals surface area contributed by atoms with Crippen LogP contribution in [0.2, 0.25) is 5.28 Å². The largest absolute Gasteiger partial charge is 0.353 e. The highest BCUT2D eigenvalue weighted by Gasteiger charge is 2.27. The Labute approximate surface area is 130 Å². The molecule has 1 aromatic rings. The Kier molecular flexibility index (Phi) is 4.75. The van der Waals surface area contributed by atoms with Gasteiger partial charge in [0.2, 0.25) is 17.2 Å². The Morgan fingerprint density at radius 2 is 2.00 bits per heavy atom. The Morgan fingerprint density at radius 1 is 1.24 bits per heavy atom. The summed E-state index contributed by atoms with van der Waals surface area (Å²) in [5.41, 5.74) is 0. The number of likely N-dealkylation sites (N-methyl/N-ethyl adjacent to an activating group) is 1. The van der Waals surface area contributed by atoms with Crippen LogP contribution >= 0.6 is 11.6 Å². The summed E-state index contributed by atoms with van der Waals surface area (Å²) in [6.07, 6.45) is 5.06. The van der Waals surface area contributed by atoms with Gasteiger partial charge in [0.05, 0.1) is 0 Å². The van der Waals surface area contributed by atoms with Crippen molar-refractivity contribution in [2.24, 2.45) is 0 Å². The first kappa shape index (κ1) is 14.8. The molecule has 116 valence electrons. The molecule has 0 spiro atoms. The molecule has 1 N–H and O–H groups in total. The summed E-state index contributed by atoms with van der Waals surface area (Å²) in [7, 11) is 0. The van der Waals surface area contributed by atoms with E-state index in [1.54, 1.807) is 0 Å². The number of halogens is 1. The summed E-state index contributed by atoms with van der Waals surface area (Å²) in [5, 5.41) is 3.55. The van der Waals surface area contributed by atoms with E-state index >= 15 is 0 Å². The number of rotatable bonds is 7. The minimum Gasteiger partial charge on any atom is -0.353 e. The molecule has 1 aromatic heterocycles. The van der Waals surface area contributed by atoms with E-state index in [2.05, 4.69) is 37.0 Å². The number of aromatic nitrogens is 3. The maximum Gasteiger partial charge on any atom is 0.231 e. The number of hydrogen-bond acceptors (Lipinski definition) is 6. The Morgan fingerprint density at radius 3 is 2.67 bits per heavy atom. The second kappa shape index (κ2) is 6.75. The summed E-state index contributed by atoms with van der Waals surface area (Å²) >= 11 is 6.02. The first-order chi connectivity index (χ1) is 10.3. The smallest absolute Gasteiger partial charge is 0.231 e. The molecule has 0 radical (unpaired) electrons. The topological polar surface area (TPSA) is 57.2 Å². The van der Waals surface area contributed by atoms with Crippen molar-refractivity contribution in [1.29, 1.82) is 0 Å². The van der Waals surface area contributed by atoms with Gasteiger partial charge in [0.1, 0.15) is 0 Å². The van der Waals surface area contributed by atoms with E-state index in [1.807, 2.05) is 0 Å². The third-order valence-corrected chi connectivity index (χ3v) is 4.31. The molecular formula is C14H23ClN6. The van der Waals surface area contributed by atoms with E-state index < -0.39 is 0 Å². The molecule has 0 aromatic carbocycles. The Hall–Kier alpha value is -1.14. The lowest BCUT2D eigenvalue weighted by Crippen LogP contribution is -2.31. The molecule has 0 atom stereocenters. The van der Waals surface area contributed by atoms with Crippen LogP contribution in [-0.2, 0) is 0 Å². The molecule has 2 fully saturated rings. The van der Waals surface area contributed by atoms with Gasteiger partial charge in [0.25, 0.3) is 0 Å². The second-order valence-corrected chi connectivity index (χ2v) is 6.05. The van der Waals surface area contributed by atoms with Crippen LogP contribution in [0.25, 0.3) is 0 Å². The molecule has 1 saturated heterocycles. The molecule has 3 rings (SSSR count). The molecule has 1 aliphatic heterocycles. The molecular weight excluding hydrogens is 288 g/mol. The molecule has 2 heterocycles. The summed E-state index contributed by atoms with van der Waals surface area (Å²) in [6, 6.07) is 0.791. The molecule has 2 aliphatic rings. The third kappa shape index (κ3) is 3.95. The van der Waals surface area contributed by atoms with Crippen LogP contribution in [0.15, 0.2) is 0 Å². The van der Waals surface area contributed by atoms with Gasteiger partial charge in [-0.05, 0) is 43.8 Å². The SMILES string of the molecule is CCN(CCNc1nc(Cl)nc(N2CCCC2)n1)C1CC1. The maximum atomic E-state index is 6.02. The summed E-state index contributed by atoms with van der Waals surface area (Å²) < 4.78 is 0. The fraction of sp³-hybridized carbons (Fsp3) is 0.786. The number of nitrogens with one attached hydrogen (secondary N) is 1. The van der Waals surface area contributed by atoms with Gasteiger partial charge in [-0.3, -0.25) is 4.90 Å². The average Bonchev–Trinajstić information content (AvgIpc) is 3.16. The summed E-state index contributed by atoms with van der Waals surface area (Å²) in [6.45, 7) is 7.18. The van der Waals surface area contributed by atoms with Crippen LogP contribution < -0.4 is 10.2 Å². The Bertz CT molecular complexity index is 473. The van der Waals surface area contributed by atoms with Gasteiger partial charge in [-0.1, -0.05) is 6.92 Å². The fourth-order valence-electron chi connectivity index (χ4n) is 2.83. The zero-order valence-corrected chi connectivity index (χ0v) is 13.3. The van der Waals surface area contributed by atoms with E-state index in [9.17, 15) is 0 Å². The van der Waals surface area contributed by atoms with Crippen molar-refractivity contribution in [2.75, 3.05) is 42.9 Å². The molecule has 6 nitrogen and oxygen atoms in total. The van der Waals surface area contributed by atoms with Gasteiger partial charge in [-0.2, -0.15) is 15.0 Å². The lowest BCUT2D eigenvalue weighted by Gasteiger charge is -2.20. The third-order valence-electron chi connectivity index (χ3n) is 4.14. The van der Waals surface area contributed by atoms with E-state index in [-0.39, 0.29) is 5.28 Å². The predicted molar refractivity (Wildman–Crippen MR) is 85.0 cm³/mol. The minimum atomic E-state index is 0.268. The van der Waals surface area contributed by atoms with Crippen LogP contribution in [0.3, 0.4) is 0 Å². The van der Waals surface area contributed by atoms with Crippen molar-refractivity contribution < 1.29 is 0 Å². The summed E-state index contributed by atoms with van der Waals surface area (Å²) in [5.74, 6) is 1.29. The molecule has 21 heavy (non-hydrogen) atoms. The van der Waals surface area contributed by atoms with Gasteiger partial charge in [-0.25, -0.2) is 0 Å². The van der Waals surface area contributed by atoms with Gasteiger partial charge in [0.15, 0.2) is 0 Å². The van der Waals surface area contributed by atoms with E-state index in [4.69, 9.17) is 11.6 Å². The first-order valence-electron chi connectivity index (χ1n) is 7.90. The van der Waals surface area contributed by atoms with Crippen molar-refractivity contribution >= 4 is 23.5 Å². The predicted octanol–water partition coefficient (Wildman–Crippen LogP) is 2.02. The van der Waals surface area contributed by atoms with Crippen LogP contribution in [0.1, 0.15) is 32.6 Å². The standard InChI is InChI=1S/C14H23ClN6/c1-2-20(11-5-6-11)10-7-16-13-17-12(15)18-14(19-13)21-8-3-4-9-21/h11H,2-10H2,1H3,(H,16,17,18,19). The van der Waals surface area contributed by atoms with E-state index in [0.717, 1.165) is 38.8 Å². The highest BCUT2D eigenvalue weighted by molar-refractivity contribution is 6.28. The van der Waals surface area contributed by atoms with Crippen molar-refractivity contribution in [3.05, 3.63) is 5.28 Å². The van der Waals surface area contributed by atoms with E-state index in [1.165, 1.54) is 25.7 Å². The molecule has 1 saturated carbocycles. The van der Waals surface area contributed by atoms with Gasteiger partial charge in [-0.15, -0.1) is 0 Å². The molecule has 0 amide bonds. The fourth-order valence-corrected chi connectivity index (χ4v) is 2.98. The number of nitrogens with zero attached hydrogens (tertiary/aromatic N) is 5. The molecule has 0 bridgehead atoms. The second-order valence-electron chi connectivity index (χ2n) is 5.71.